The second-order valence-electron chi connectivity index (χ2n) is 8.75. The van der Waals surface area contributed by atoms with Gasteiger partial charge in [0, 0.05) is 5.56 Å². The smallest absolute Gasteiger partial charge is 0.338 e. The zero-order chi connectivity index (χ0) is 23.3. The molecule has 0 N–H and O–H groups in total. The molecule has 2 aromatic carbocycles. The second kappa shape index (κ2) is 7.99. The lowest BCUT2D eigenvalue weighted by atomic mass is 9.82. The highest BCUT2D eigenvalue weighted by Gasteiger charge is 2.60. The number of carbonyl (C=O) groups excluding carboxylic acids is 4. The fraction of sp³-hybridized carbons (Fsp3) is 0.308. The molecule has 1 saturated heterocycles. The van der Waals surface area contributed by atoms with E-state index >= 15 is 0 Å². The van der Waals surface area contributed by atoms with Crippen molar-refractivity contribution in [2.75, 3.05) is 18.6 Å². The monoisotopic (exact) mass is 445 g/mol. The molecule has 2 bridgehead atoms. The molecule has 33 heavy (non-hydrogen) atoms. The third kappa shape index (κ3) is 3.44. The highest BCUT2D eigenvalue weighted by molar-refractivity contribution is 6.23. The quantitative estimate of drug-likeness (QED) is 0.293. The van der Waals surface area contributed by atoms with E-state index in [9.17, 15) is 19.2 Å². The molecule has 4 atom stereocenters. The summed E-state index contributed by atoms with van der Waals surface area (Å²) in [6.45, 7) is 1.63. The summed E-state index contributed by atoms with van der Waals surface area (Å²) < 4.78 is 10.2. The minimum Gasteiger partial charge on any atom is -0.497 e. The molecule has 0 radical (unpaired) electrons. The van der Waals surface area contributed by atoms with Crippen molar-refractivity contribution in [3.8, 4) is 5.75 Å². The van der Waals surface area contributed by atoms with Crippen LogP contribution in [0.5, 0.6) is 5.75 Å². The average molecular weight is 445 g/mol. The van der Waals surface area contributed by atoms with Gasteiger partial charge in [-0.05, 0) is 73.7 Å². The Kier molecular flexibility index (Phi) is 5.12. The van der Waals surface area contributed by atoms with Crippen molar-refractivity contribution < 1.29 is 28.7 Å². The number of rotatable bonds is 6. The Morgan fingerprint density at radius 2 is 1.58 bits per heavy atom. The number of hydrogen-bond acceptors (Lipinski definition) is 6. The molecule has 2 aromatic rings. The number of amides is 2. The van der Waals surface area contributed by atoms with Gasteiger partial charge in [-0.15, -0.1) is 0 Å². The number of esters is 1. The molecule has 2 fully saturated rings. The molecule has 2 amide bonds. The van der Waals surface area contributed by atoms with Crippen LogP contribution in [0, 0.1) is 23.7 Å². The van der Waals surface area contributed by atoms with Crippen molar-refractivity contribution in [3.63, 3.8) is 0 Å². The van der Waals surface area contributed by atoms with Crippen molar-refractivity contribution in [1.29, 1.82) is 0 Å². The number of carbonyl (C=O) groups is 4. The number of methoxy groups -OCH3 is 1. The predicted molar refractivity (Wildman–Crippen MR) is 119 cm³/mol. The molecular weight excluding hydrogens is 422 g/mol. The summed E-state index contributed by atoms with van der Waals surface area (Å²) in [6.07, 6.45) is 3.01. The number of nitrogens with zero attached hydrogens (tertiary/aromatic N) is 1. The van der Waals surface area contributed by atoms with Crippen molar-refractivity contribution >= 4 is 29.3 Å². The van der Waals surface area contributed by atoms with E-state index in [0.29, 0.717) is 17.0 Å². The van der Waals surface area contributed by atoms with Crippen LogP contribution in [0.2, 0.25) is 0 Å². The van der Waals surface area contributed by atoms with Gasteiger partial charge in [-0.3, -0.25) is 19.3 Å². The third-order valence-electron chi connectivity index (χ3n) is 6.99. The summed E-state index contributed by atoms with van der Waals surface area (Å²) in [5, 5.41) is 0. The van der Waals surface area contributed by atoms with E-state index in [1.165, 1.54) is 29.7 Å². The van der Waals surface area contributed by atoms with Crippen molar-refractivity contribution in [3.05, 3.63) is 71.3 Å². The first-order chi connectivity index (χ1) is 15.9. The lowest BCUT2D eigenvalue weighted by molar-refractivity contribution is -0.123. The SMILES string of the molecule is COc1ccc(C(=O)COC(=O)c2ccc(N3C(=O)[C@H]4[C@H](C3=O)[C@H]3C=C(C)[C@H]4C3)cc2)cc1. The number of allylic oxidation sites excluding steroid dienone is 2. The number of fused-ring (bicyclic) bond motifs is 5. The molecule has 2 aliphatic carbocycles. The highest BCUT2D eigenvalue weighted by Crippen LogP contribution is 2.55. The van der Waals surface area contributed by atoms with Gasteiger partial charge >= 0.3 is 5.97 Å². The molecule has 0 spiro atoms. The average Bonchev–Trinajstić information content (AvgIpc) is 3.47. The fourth-order valence-electron chi connectivity index (χ4n) is 5.35. The van der Waals surface area contributed by atoms with Crippen LogP contribution in [0.15, 0.2) is 60.2 Å². The Hall–Kier alpha value is -3.74. The Balaban J connectivity index is 1.23. The van der Waals surface area contributed by atoms with E-state index in [1.54, 1.807) is 36.4 Å². The number of benzene rings is 2. The Morgan fingerprint density at radius 3 is 2.24 bits per heavy atom. The maximum atomic E-state index is 13.0. The van der Waals surface area contributed by atoms with E-state index in [0.717, 1.165) is 6.42 Å². The van der Waals surface area contributed by atoms with Gasteiger partial charge in [-0.25, -0.2) is 4.79 Å². The van der Waals surface area contributed by atoms with E-state index in [1.807, 2.05) is 6.92 Å². The minimum atomic E-state index is -0.655. The van der Waals surface area contributed by atoms with Crippen LogP contribution in [0.3, 0.4) is 0 Å². The van der Waals surface area contributed by atoms with Gasteiger partial charge in [-0.1, -0.05) is 11.6 Å². The molecule has 1 saturated carbocycles. The lowest BCUT2D eigenvalue weighted by Gasteiger charge is -2.19. The Bertz CT molecular complexity index is 1180. The van der Waals surface area contributed by atoms with Gasteiger partial charge in [-0.2, -0.15) is 0 Å². The molecule has 0 unspecified atom stereocenters. The molecule has 0 aromatic heterocycles. The van der Waals surface area contributed by atoms with Gasteiger partial charge in [0.2, 0.25) is 11.8 Å². The van der Waals surface area contributed by atoms with Gasteiger partial charge in [0.05, 0.1) is 30.2 Å². The Labute approximate surface area is 191 Å². The van der Waals surface area contributed by atoms with Crippen molar-refractivity contribution in [2.24, 2.45) is 23.7 Å². The molecule has 3 aliphatic rings. The van der Waals surface area contributed by atoms with Crippen molar-refractivity contribution in [2.45, 2.75) is 13.3 Å². The van der Waals surface area contributed by atoms with Crippen LogP contribution in [0.1, 0.15) is 34.1 Å². The molecule has 168 valence electrons. The summed E-state index contributed by atoms with van der Waals surface area (Å²) in [5.74, 6) is -0.953. The normalized spacial score (nSPS) is 25.2. The third-order valence-corrected chi connectivity index (χ3v) is 6.99. The maximum Gasteiger partial charge on any atom is 0.338 e. The highest BCUT2D eigenvalue weighted by atomic mass is 16.5. The molecule has 7 heteroatoms. The van der Waals surface area contributed by atoms with Crippen LogP contribution in [-0.4, -0.2) is 37.3 Å². The zero-order valence-corrected chi connectivity index (χ0v) is 18.3. The second-order valence-corrected chi connectivity index (χ2v) is 8.75. The number of ketones is 1. The lowest BCUT2D eigenvalue weighted by Crippen LogP contribution is -2.32. The van der Waals surface area contributed by atoms with E-state index < -0.39 is 12.6 Å². The summed E-state index contributed by atoms with van der Waals surface area (Å²) >= 11 is 0. The molecule has 1 aliphatic heterocycles. The summed E-state index contributed by atoms with van der Waals surface area (Å²) in [5.41, 5.74) is 2.29. The number of ether oxygens (including phenoxy) is 2. The van der Waals surface area contributed by atoms with Crippen LogP contribution < -0.4 is 9.64 Å². The van der Waals surface area contributed by atoms with Crippen LogP contribution in [-0.2, 0) is 14.3 Å². The molecular formula is C26H23NO6. The molecule has 5 rings (SSSR count). The first-order valence-corrected chi connectivity index (χ1v) is 10.9. The number of imide groups is 1. The van der Waals surface area contributed by atoms with Gasteiger partial charge in [0.25, 0.3) is 0 Å². The number of anilines is 1. The summed E-state index contributed by atoms with van der Waals surface area (Å²) in [6, 6.07) is 12.7. The van der Waals surface area contributed by atoms with Crippen LogP contribution in [0.25, 0.3) is 0 Å². The van der Waals surface area contributed by atoms with E-state index in [2.05, 4.69) is 6.08 Å². The van der Waals surface area contributed by atoms with Gasteiger partial charge in [0.1, 0.15) is 5.75 Å². The number of Topliss-reactive ketones (excluding diaryl/α,β-unsaturated/α-hetero) is 1. The molecule has 1 heterocycles. The Morgan fingerprint density at radius 1 is 0.939 bits per heavy atom. The first-order valence-electron chi connectivity index (χ1n) is 10.9. The van der Waals surface area contributed by atoms with Crippen molar-refractivity contribution in [1.82, 2.24) is 0 Å². The fourth-order valence-corrected chi connectivity index (χ4v) is 5.35. The van der Waals surface area contributed by atoms with Gasteiger partial charge < -0.3 is 9.47 Å². The van der Waals surface area contributed by atoms with Gasteiger partial charge in [0.15, 0.2) is 12.4 Å². The minimum absolute atomic E-state index is 0.138. The summed E-state index contributed by atoms with van der Waals surface area (Å²) in [7, 11) is 1.53. The maximum absolute atomic E-state index is 13.0. The standard InChI is InChI=1S/C26H23NO6/c1-14-11-17-12-20(14)23-22(17)24(29)27(25(23)30)18-7-3-16(4-8-18)26(31)33-13-21(28)15-5-9-19(32-2)10-6-15/h3-11,17,20,22-23H,12-13H2,1-2H3/t17-,20+,22+,23+/m0/s1. The van der Waals surface area contributed by atoms with E-state index in [-0.39, 0.29) is 46.8 Å². The first kappa shape index (κ1) is 21.1. The van der Waals surface area contributed by atoms with Crippen LogP contribution >= 0.6 is 0 Å². The summed E-state index contributed by atoms with van der Waals surface area (Å²) in [4.78, 5) is 51.9. The van der Waals surface area contributed by atoms with Crippen LogP contribution in [0.4, 0.5) is 5.69 Å². The topological polar surface area (TPSA) is 90.0 Å². The predicted octanol–water partition coefficient (Wildman–Crippen LogP) is 3.44. The number of hydrogen-bond donors (Lipinski definition) is 0. The largest absolute Gasteiger partial charge is 0.497 e. The zero-order valence-electron chi connectivity index (χ0n) is 18.3. The molecule has 7 nitrogen and oxygen atoms in total. The van der Waals surface area contributed by atoms with E-state index in [4.69, 9.17) is 9.47 Å².